The number of aliphatic hydroxyl groups is 1. The number of anilines is 1. The molecule has 1 aromatic heterocycles. The first-order valence-corrected chi connectivity index (χ1v) is 15.5. The Balaban J connectivity index is 1.61. The first kappa shape index (κ1) is 32.2. The summed E-state index contributed by atoms with van der Waals surface area (Å²) in [6.45, 7) is 4.72. The lowest BCUT2D eigenvalue weighted by Gasteiger charge is -2.31. The number of carbonyl (C=O) groups excluding carboxylic acids is 2. The lowest BCUT2D eigenvalue weighted by atomic mass is 10.0. The van der Waals surface area contributed by atoms with Crippen molar-refractivity contribution >= 4 is 39.2 Å². The van der Waals surface area contributed by atoms with Gasteiger partial charge in [-0.15, -0.1) is 0 Å². The van der Waals surface area contributed by atoms with Crippen molar-refractivity contribution in [2.24, 2.45) is 0 Å². The topological polar surface area (TPSA) is 172 Å². The molecule has 14 heteroatoms. The number of nitrogens with zero attached hydrogens (tertiary/aromatic N) is 2. The summed E-state index contributed by atoms with van der Waals surface area (Å²) in [4.78, 5) is 37.3. The van der Waals surface area contributed by atoms with E-state index in [1.54, 1.807) is 20.8 Å². The average molecular weight is 618 g/mol. The Morgan fingerprint density at radius 3 is 2.47 bits per heavy atom. The first-order valence-electron chi connectivity index (χ1n) is 14.1. The number of methoxy groups -OCH3 is 1. The molecule has 0 aliphatic heterocycles. The van der Waals surface area contributed by atoms with Crippen LogP contribution in [0.1, 0.15) is 52.0 Å². The second-order valence-corrected chi connectivity index (χ2v) is 13.2. The van der Waals surface area contributed by atoms with Crippen LogP contribution in [0, 0.1) is 0 Å². The van der Waals surface area contributed by atoms with E-state index in [9.17, 15) is 23.1 Å². The number of nitrogens with one attached hydrogen (secondary N) is 3. The number of H-pyrrole nitrogens is 1. The normalized spacial score (nSPS) is 15.8. The zero-order chi connectivity index (χ0) is 31.2. The van der Waals surface area contributed by atoms with Gasteiger partial charge in [-0.05, 0) is 63.8 Å². The zero-order valence-electron chi connectivity index (χ0n) is 24.7. The molecule has 43 heavy (non-hydrogen) atoms. The number of hydroxylamine groups is 1. The smallest absolute Gasteiger partial charge is 0.413 e. The molecule has 234 valence electrons. The molecular weight excluding hydrogens is 578 g/mol. The highest BCUT2D eigenvalue weighted by Crippen LogP contribution is 2.28. The van der Waals surface area contributed by atoms with E-state index >= 15 is 0 Å². The standard InChI is InChI=1S/C29H39N5O8S/c1-29(2,3)41-28(37)32-24(16-19-10-6-5-7-11-19)25(35)18-34(42-20-12-8-9-13-20)43(38,39)21-14-15-22-23(17-21)31-26(30-22)33-27(36)40-4/h5-7,10-11,14-15,17,20,24-25,35H,8-9,12-13,16,18H2,1-4H3,(H,32,37)(H2,30,31,33,36)/t24-,25?/m0/s1. The monoisotopic (exact) mass is 617 g/mol. The molecule has 1 aliphatic carbocycles. The summed E-state index contributed by atoms with van der Waals surface area (Å²) in [5.74, 6) is 0.0860. The highest BCUT2D eigenvalue weighted by molar-refractivity contribution is 7.89. The van der Waals surface area contributed by atoms with Gasteiger partial charge in [-0.3, -0.25) is 10.2 Å². The summed E-state index contributed by atoms with van der Waals surface area (Å²) >= 11 is 0. The van der Waals surface area contributed by atoms with Crippen LogP contribution in [-0.2, 0) is 30.8 Å². The molecule has 1 saturated carbocycles. The lowest BCUT2D eigenvalue weighted by Crippen LogP contribution is -2.51. The maximum atomic E-state index is 14.0. The van der Waals surface area contributed by atoms with Gasteiger partial charge in [-0.1, -0.05) is 47.6 Å². The van der Waals surface area contributed by atoms with E-state index in [0.29, 0.717) is 23.9 Å². The Hall–Kier alpha value is -3.72. The van der Waals surface area contributed by atoms with Gasteiger partial charge in [0.15, 0.2) is 0 Å². The third-order valence-corrected chi connectivity index (χ3v) is 8.42. The predicted molar refractivity (Wildman–Crippen MR) is 159 cm³/mol. The van der Waals surface area contributed by atoms with Crippen molar-refractivity contribution in [3.05, 3.63) is 54.1 Å². The van der Waals surface area contributed by atoms with E-state index < -0.39 is 46.5 Å². The molecule has 1 aliphatic rings. The molecule has 0 bridgehead atoms. The number of alkyl carbamates (subject to hydrolysis) is 1. The number of aliphatic hydroxyl groups excluding tert-OH is 1. The second kappa shape index (κ2) is 13.7. The fourth-order valence-corrected chi connectivity index (χ4v) is 6.05. The van der Waals surface area contributed by atoms with Crippen molar-refractivity contribution in [3.8, 4) is 0 Å². The molecule has 0 saturated heterocycles. The van der Waals surface area contributed by atoms with Crippen LogP contribution in [0.4, 0.5) is 15.5 Å². The lowest BCUT2D eigenvalue weighted by molar-refractivity contribution is -0.145. The van der Waals surface area contributed by atoms with Gasteiger partial charge in [-0.2, -0.15) is 0 Å². The summed E-state index contributed by atoms with van der Waals surface area (Å²) in [5.41, 5.74) is 0.820. The molecule has 4 N–H and O–H groups in total. The Morgan fingerprint density at radius 2 is 1.81 bits per heavy atom. The van der Waals surface area contributed by atoms with E-state index in [2.05, 4.69) is 25.3 Å². The number of ether oxygens (including phenoxy) is 2. The SMILES string of the molecule is COC(=O)Nc1nc2ccc(S(=O)(=O)N(CC(O)[C@H](Cc3ccccc3)NC(=O)OC(C)(C)C)OC3CCCC3)cc2[nH]1. The van der Waals surface area contributed by atoms with Crippen molar-refractivity contribution in [2.45, 2.75) is 81.6 Å². The van der Waals surface area contributed by atoms with Crippen molar-refractivity contribution in [3.63, 3.8) is 0 Å². The first-order chi connectivity index (χ1) is 20.3. The number of aromatic amines is 1. The molecule has 0 radical (unpaired) electrons. The van der Waals surface area contributed by atoms with Crippen LogP contribution in [0.3, 0.4) is 0 Å². The van der Waals surface area contributed by atoms with E-state index in [4.69, 9.17) is 9.57 Å². The van der Waals surface area contributed by atoms with Crippen molar-refractivity contribution in [1.29, 1.82) is 0 Å². The number of fused-ring (bicyclic) bond motifs is 1. The molecule has 2 atom stereocenters. The Labute approximate surface area is 250 Å². The average Bonchev–Trinajstić information content (AvgIpc) is 3.60. The highest BCUT2D eigenvalue weighted by atomic mass is 32.2. The number of imidazole rings is 1. The minimum absolute atomic E-state index is 0.0860. The molecular formula is C29H39N5O8S. The van der Waals surface area contributed by atoms with Gasteiger partial charge in [0.05, 0.1) is 47.8 Å². The number of hydrogen-bond donors (Lipinski definition) is 4. The number of rotatable bonds is 11. The van der Waals surface area contributed by atoms with E-state index in [1.807, 2.05) is 30.3 Å². The number of hydrogen-bond acceptors (Lipinski definition) is 9. The molecule has 4 rings (SSSR count). The molecule has 1 heterocycles. The van der Waals surface area contributed by atoms with E-state index in [0.717, 1.165) is 22.9 Å². The minimum Gasteiger partial charge on any atom is -0.453 e. The van der Waals surface area contributed by atoms with Crippen LogP contribution in [-0.4, -0.2) is 77.7 Å². The number of amides is 2. The molecule has 2 amide bonds. The fraction of sp³-hybridized carbons (Fsp3) is 0.483. The third kappa shape index (κ3) is 8.89. The van der Waals surface area contributed by atoms with Gasteiger partial charge in [0, 0.05) is 0 Å². The van der Waals surface area contributed by atoms with Crippen LogP contribution < -0.4 is 10.6 Å². The van der Waals surface area contributed by atoms with Crippen LogP contribution in [0.25, 0.3) is 11.0 Å². The Morgan fingerprint density at radius 1 is 1.12 bits per heavy atom. The molecule has 0 spiro atoms. The van der Waals surface area contributed by atoms with Gasteiger partial charge in [0.25, 0.3) is 10.0 Å². The highest BCUT2D eigenvalue weighted by Gasteiger charge is 2.35. The van der Waals surface area contributed by atoms with Gasteiger partial charge in [0.1, 0.15) is 5.60 Å². The van der Waals surface area contributed by atoms with Gasteiger partial charge < -0.3 is 24.9 Å². The van der Waals surface area contributed by atoms with Gasteiger partial charge in [0.2, 0.25) is 5.95 Å². The van der Waals surface area contributed by atoms with Gasteiger partial charge in [-0.25, -0.2) is 23.0 Å². The second-order valence-electron chi connectivity index (χ2n) is 11.4. The van der Waals surface area contributed by atoms with Crippen LogP contribution in [0.15, 0.2) is 53.4 Å². The van der Waals surface area contributed by atoms with Crippen LogP contribution in [0.5, 0.6) is 0 Å². The quantitative estimate of drug-likeness (QED) is 0.231. The summed E-state index contributed by atoms with van der Waals surface area (Å²) in [7, 11) is -3.10. The minimum atomic E-state index is -4.31. The van der Waals surface area contributed by atoms with Gasteiger partial charge >= 0.3 is 12.2 Å². The largest absolute Gasteiger partial charge is 0.453 e. The molecule has 3 aromatic rings. The van der Waals surface area contributed by atoms with Crippen molar-refractivity contribution in [2.75, 3.05) is 19.0 Å². The van der Waals surface area contributed by atoms with Crippen LogP contribution >= 0.6 is 0 Å². The zero-order valence-corrected chi connectivity index (χ0v) is 25.5. The number of benzene rings is 2. The summed E-state index contributed by atoms with van der Waals surface area (Å²) in [6, 6.07) is 12.6. The summed E-state index contributed by atoms with van der Waals surface area (Å²) < 4.78 is 38.8. The van der Waals surface area contributed by atoms with Crippen LogP contribution in [0.2, 0.25) is 0 Å². The maximum Gasteiger partial charge on any atom is 0.413 e. The molecule has 1 fully saturated rings. The van der Waals surface area contributed by atoms with E-state index in [1.165, 1.54) is 25.3 Å². The Bertz CT molecular complexity index is 1500. The maximum absolute atomic E-state index is 14.0. The summed E-state index contributed by atoms with van der Waals surface area (Å²) in [5, 5.41) is 16.6. The number of sulfonamides is 1. The fourth-order valence-electron chi connectivity index (χ4n) is 4.72. The number of carbonyl (C=O) groups is 2. The molecule has 2 aromatic carbocycles. The van der Waals surface area contributed by atoms with E-state index in [-0.39, 0.29) is 23.4 Å². The Kier molecular flexibility index (Phi) is 10.3. The van der Waals surface area contributed by atoms with Crippen molar-refractivity contribution < 1.29 is 37.4 Å². The third-order valence-electron chi connectivity index (χ3n) is 6.80. The van der Waals surface area contributed by atoms with Crippen molar-refractivity contribution in [1.82, 2.24) is 19.8 Å². The summed E-state index contributed by atoms with van der Waals surface area (Å²) in [6.07, 6.45) is 0.177. The molecule has 1 unspecified atom stereocenters. The molecule has 13 nitrogen and oxygen atoms in total. The predicted octanol–water partition coefficient (Wildman–Crippen LogP) is 4.10. The number of aromatic nitrogens is 2.